The Bertz CT molecular complexity index is 1000. The molecule has 168 valence electrons. The maximum absolute atomic E-state index is 12.7. The van der Waals surface area contributed by atoms with Crippen LogP contribution in [-0.4, -0.2) is 56.3 Å². The molecule has 1 aliphatic rings. The lowest BCUT2D eigenvalue weighted by Crippen LogP contribution is -2.37. The summed E-state index contributed by atoms with van der Waals surface area (Å²) in [4.78, 5) is 29.7. The third-order valence-electron chi connectivity index (χ3n) is 5.18. The van der Waals surface area contributed by atoms with E-state index in [0.717, 1.165) is 44.1 Å². The predicted octanol–water partition coefficient (Wildman–Crippen LogP) is 2.48. The van der Waals surface area contributed by atoms with Crippen LogP contribution in [0.1, 0.15) is 29.0 Å². The van der Waals surface area contributed by atoms with E-state index in [1.165, 1.54) is 6.08 Å². The van der Waals surface area contributed by atoms with Crippen molar-refractivity contribution in [1.82, 2.24) is 4.98 Å². The van der Waals surface area contributed by atoms with E-state index in [1.54, 1.807) is 31.4 Å². The minimum Gasteiger partial charge on any atom is -0.494 e. The normalized spacial score (nSPS) is 14.7. The van der Waals surface area contributed by atoms with E-state index in [9.17, 15) is 9.59 Å². The molecule has 1 fully saturated rings. The van der Waals surface area contributed by atoms with E-state index >= 15 is 0 Å². The number of rotatable bonds is 9. The summed E-state index contributed by atoms with van der Waals surface area (Å²) < 4.78 is 11.0. The van der Waals surface area contributed by atoms with Gasteiger partial charge in [0.15, 0.2) is 0 Å². The van der Waals surface area contributed by atoms with Crippen molar-refractivity contribution in [2.75, 3.05) is 37.0 Å². The Morgan fingerprint density at radius 3 is 2.72 bits per heavy atom. The van der Waals surface area contributed by atoms with E-state index in [0.29, 0.717) is 22.8 Å². The topological polar surface area (TPSA) is 131 Å². The number of piperidine rings is 1. The number of benzene rings is 1. The summed E-state index contributed by atoms with van der Waals surface area (Å²) in [6.45, 7) is 1.75. The average Bonchev–Trinajstić information content (AvgIpc) is 2.83. The van der Waals surface area contributed by atoms with Crippen LogP contribution in [0.2, 0.25) is 0 Å². The quantitative estimate of drug-likeness (QED) is 0.406. The van der Waals surface area contributed by atoms with Crippen molar-refractivity contribution >= 4 is 35.5 Å². The van der Waals surface area contributed by atoms with Gasteiger partial charge in [0.05, 0.1) is 30.3 Å². The van der Waals surface area contributed by atoms with Gasteiger partial charge in [-0.3, -0.25) is 4.79 Å². The molecule has 1 amide bonds. The van der Waals surface area contributed by atoms with Crippen LogP contribution in [-0.2, 0) is 9.53 Å². The highest BCUT2D eigenvalue weighted by molar-refractivity contribution is 6.04. The first-order valence-corrected chi connectivity index (χ1v) is 10.3. The number of anilines is 2. The van der Waals surface area contributed by atoms with Crippen LogP contribution in [0.5, 0.6) is 5.75 Å². The SMILES string of the molecule is COc1cc(N2CCC(OCC=O)CC2)ccc1NC(=O)c1cccc(/C(N)=C/C=N)n1. The number of nitrogens with one attached hydrogen (secondary N) is 2. The molecule has 1 aromatic carbocycles. The maximum atomic E-state index is 12.7. The van der Waals surface area contributed by atoms with Gasteiger partial charge in [0.25, 0.3) is 5.91 Å². The van der Waals surface area contributed by atoms with Gasteiger partial charge in [0.2, 0.25) is 0 Å². The van der Waals surface area contributed by atoms with Gasteiger partial charge >= 0.3 is 0 Å². The number of nitrogens with zero attached hydrogens (tertiary/aromatic N) is 2. The molecule has 3 rings (SSSR count). The molecule has 0 saturated carbocycles. The zero-order valence-corrected chi connectivity index (χ0v) is 17.9. The van der Waals surface area contributed by atoms with Gasteiger partial charge in [0, 0.05) is 31.1 Å². The van der Waals surface area contributed by atoms with Gasteiger partial charge < -0.3 is 35.6 Å². The molecular formula is C23H27N5O4. The van der Waals surface area contributed by atoms with Gasteiger partial charge in [0.1, 0.15) is 24.3 Å². The lowest BCUT2D eigenvalue weighted by molar-refractivity contribution is -0.114. The number of amides is 1. The number of carbonyl (C=O) groups excluding carboxylic acids is 2. The molecule has 0 aliphatic carbocycles. The van der Waals surface area contributed by atoms with Crippen LogP contribution in [0.4, 0.5) is 11.4 Å². The molecule has 0 radical (unpaired) electrons. The largest absolute Gasteiger partial charge is 0.494 e. The molecule has 9 heteroatoms. The standard InChI is InChI=1S/C23H27N5O4/c1-31-22-15-16(28-11-8-17(9-12-28)32-14-13-29)5-6-20(22)27-23(30)21-4-2-3-19(26-21)18(25)7-10-24/h2-7,10,13,15,17,24H,8-9,11-12,14,25H2,1H3,(H,27,30)/b18-7-,24-10?. The number of pyridine rings is 1. The van der Waals surface area contributed by atoms with Crippen molar-refractivity contribution < 1.29 is 19.1 Å². The number of nitrogens with two attached hydrogens (primary N) is 1. The van der Waals surface area contributed by atoms with Crippen molar-refractivity contribution in [3.05, 3.63) is 53.9 Å². The monoisotopic (exact) mass is 437 g/mol. The summed E-state index contributed by atoms with van der Waals surface area (Å²) in [7, 11) is 1.55. The predicted molar refractivity (Wildman–Crippen MR) is 123 cm³/mol. The first-order valence-electron chi connectivity index (χ1n) is 10.3. The van der Waals surface area contributed by atoms with Crippen LogP contribution in [0, 0.1) is 5.41 Å². The maximum Gasteiger partial charge on any atom is 0.274 e. The summed E-state index contributed by atoms with van der Waals surface area (Å²) in [5.41, 5.74) is 8.30. The Morgan fingerprint density at radius 2 is 2.03 bits per heavy atom. The molecule has 0 spiro atoms. The second kappa shape index (κ2) is 11.1. The summed E-state index contributed by atoms with van der Waals surface area (Å²) in [5, 5.41) is 9.95. The highest BCUT2D eigenvalue weighted by Crippen LogP contribution is 2.31. The first kappa shape index (κ1) is 23.0. The molecular weight excluding hydrogens is 410 g/mol. The van der Waals surface area contributed by atoms with Crippen LogP contribution < -0.4 is 20.7 Å². The summed E-state index contributed by atoms with van der Waals surface area (Å²) >= 11 is 0. The molecule has 1 aromatic heterocycles. The van der Waals surface area contributed by atoms with Crippen LogP contribution in [0.25, 0.3) is 5.70 Å². The van der Waals surface area contributed by atoms with Gasteiger partial charge in [-0.05, 0) is 43.2 Å². The highest BCUT2D eigenvalue weighted by Gasteiger charge is 2.21. The average molecular weight is 438 g/mol. The van der Waals surface area contributed by atoms with Crippen molar-refractivity contribution in [1.29, 1.82) is 5.41 Å². The van der Waals surface area contributed by atoms with E-state index < -0.39 is 5.91 Å². The second-order valence-corrected chi connectivity index (χ2v) is 7.22. The van der Waals surface area contributed by atoms with E-state index in [1.807, 2.05) is 12.1 Å². The Hall–Kier alpha value is -3.72. The lowest BCUT2D eigenvalue weighted by Gasteiger charge is -2.33. The van der Waals surface area contributed by atoms with Crippen molar-refractivity contribution in [3.8, 4) is 5.75 Å². The van der Waals surface area contributed by atoms with Crippen LogP contribution >= 0.6 is 0 Å². The zero-order chi connectivity index (χ0) is 22.9. The Morgan fingerprint density at radius 1 is 1.28 bits per heavy atom. The van der Waals surface area contributed by atoms with Crippen molar-refractivity contribution in [2.24, 2.45) is 5.73 Å². The molecule has 0 unspecified atom stereocenters. The van der Waals surface area contributed by atoms with Crippen LogP contribution in [0.3, 0.4) is 0 Å². The first-order chi connectivity index (χ1) is 15.5. The molecule has 9 nitrogen and oxygen atoms in total. The summed E-state index contributed by atoms with van der Waals surface area (Å²) in [6.07, 6.45) is 5.03. The number of methoxy groups -OCH3 is 1. The van der Waals surface area contributed by atoms with Gasteiger partial charge in [-0.15, -0.1) is 0 Å². The van der Waals surface area contributed by atoms with E-state index in [-0.39, 0.29) is 18.4 Å². The van der Waals surface area contributed by atoms with Gasteiger partial charge in [-0.25, -0.2) is 4.98 Å². The Kier molecular flexibility index (Phi) is 7.93. The van der Waals surface area contributed by atoms with Crippen molar-refractivity contribution in [2.45, 2.75) is 18.9 Å². The Balaban J connectivity index is 1.70. The third kappa shape index (κ3) is 5.70. The minimum atomic E-state index is -0.395. The highest BCUT2D eigenvalue weighted by atomic mass is 16.5. The molecule has 1 aliphatic heterocycles. The molecule has 0 bridgehead atoms. The van der Waals surface area contributed by atoms with E-state index in [4.69, 9.17) is 20.6 Å². The van der Waals surface area contributed by atoms with E-state index in [2.05, 4.69) is 15.2 Å². The number of carbonyl (C=O) groups is 2. The van der Waals surface area contributed by atoms with Gasteiger partial charge in [-0.1, -0.05) is 6.07 Å². The molecule has 0 atom stereocenters. The number of hydrogen-bond acceptors (Lipinski definition) is 8. The minimum absolute atomic E-state index is 0.100. The third-order valence-corrected chi connectivity index (χ3v) is 5.18. The number of aromatic nitrogens is 1. The number of ether oxygens (including phenoxy) is 2. The summed E-state index contributed by atoms with van der Waals surface area (Å²) in [5.74, 6) is 0.142. The molecule has 1 saturated heterocycles. The number of allylic oxidation sites excluding steroid dienone is 1. The number of hydrogen-bond donors (Lipinski definition) is 3. The zero-order valence-electron chi connectivity index (χ0n) is 17.9. The summed E-state index contributed by atoms with van der Waals surface area (Å²) in [6, 6.07) is 10.6. The van der Waals surface area contributed by atoms with Gasteiger partial charge in [-0.2, -0.15) is 0 Å². The molecule has 32 heavy (non-hydrogen) atoms. The fourth-order valence-electron chi connectivity index (χ4n) is 3.52. The molecule has 2 heterocycles. The second-order valence-electron chi connectivity index (χ2n) is 7.22. The number of aldehydes is 1. The van der Waals surface area contributed by atoms with Crippen molar-refractivity contribution in [3.63, 3.8) is 0 Å². The molecule has 2 aromatic rings. The molecule has 4 N–H and O–H groups in total. The Labute approximate surface area is 186 Å². The smallest absolute Gasteiger partial charge is 0.274 e. The lowest BCUT2D eigenvalue weighted by atomic mass is 10.1. The fraction of sp³-hybridized carbons (Fsp3) is 0.304. The van der Waals surface area contributed by atoms with Crippen LogP contribution in [0.15, 0.2) is 42.5 Å². The fourth-order valence-corrected chi connectivity index (χ4v) is 3.52.